The zero-order chi connectivity index (χ0) is 41.7. The van der Waals surface area contributed by atoms with Crippen molar-refractivity contribution in [2.75, 3.05) is 32.2 Å². The molecular formula is C51H62N4O5. The van der Waals surface area contributed by atoms with E-state index in [2.05, 4.69) is 70.2 Å². The lowest BCUT2D eigenvalue weighted by Gasteiger charge is -2.47. The molecule has 3 aliphatic rings. The molecule has 0 spiro atoms. The number of nitrogens with zero attached hydrogens (tertiary/aromatic N) is 1. The highest BCUT2D eigenvalue weighted by atomic mass is 16.6. The van der Waals surface area contributed by atoms with Crippen molar-refractivity contribution in [1.82, 2.24) is 15.6 Å². The molecule has 0 saturated carbocycles. The van der Waals surface area contributed by atoms with Crippen LogP contribution in [0.2, 0.25) is 0 Å². The molecule has 2 fully saturated rings. The Bertz CT molecular complexity index is 2130. The van der Waals surface area contributed by atoms with Crippen LogP contribution in [0.4, 0.5) is 5.82 Å². The number of hydrogen-bond donors (Lipinski definition) is 5. The number of benzene rings is 3. The van der Waals surface area contributed by atoms with E-state index in [0.29, 0.717) is 42.1 Å². The fourth-order valence-corrected chi connectivity index (χ4v) is 9.79. The summed E-state index contributed by atoms with van der Waals surface area (Å²) >= 11 is 0. The number of aromatic nitrogens is 1. The molecule has 6 N–H and O–H groups in total. The highest BCUT2D eigenvalue weighted by Gasteiger charge is 2.41. The van der Waals surface area contributed by atoms with Crippen molar-refractivity contribution >= 4 is 23.5 Å². The first-order valence-corrected chi connectivity index (χ1v) is 22.1. The number of Topliss-reactive ketones (excluding diaryl/α,β-unsaturated/α-hetero) is 1. The topological polar surface area (TPSA) is 147 Å². The second-order valence-corrected chi connectivity index (χ2v) is 17.0. The highest BCUT2D eigenvalue weighted by molar-refractivity contribution is 6.06. The Hall–Kier alpha value is -5.09. The number of unbranched alkanes of at least 4 members (excludes halogenated alkanes) is 2. The van der Waals surface area contributed by atoms with Gasteiger partial charge in [0.05, 0.1) is 6.42 Å². The number of hydrogen-bond acceptors (Lipinski definition) is 9. The molecule has 9 nitrogen and oxygen atoms in total. The number of nitrogens with one attached hydrogen (secondary N) is 2. The summed E-state index contributed by atoms with van der Waals surface area (Å²) in [5.41, 5.74) is 15.0. The average Bonchev–Trinajstić information content (AvgIpc) is 3.26. The summed E-state index contributed by atoms with van der Waals surface area (Å²) in [5, 5.41) is 27.7. The van der Waals surface area contributed by atoms with Gasteiger partial charge in [-0.2, -0.15) is 0 Å². The minimum absolute atomic E-state index is 0.0468. The summed E-state index contributed by atoms with van der Waals surface area (Å²) in [7, 11) is 0. The number of carbonyl (C=O) groups excluding carboxylic acids is 2. The predicted molar refractivity (Wildman–Crippen MR) is 239 cm³/mol. The van der Waals surface area contributed by atoms with Crippen molar-refractivity contribution in [1.29, 1.82) is 0 Å². The molecule has 2 saturated heterocycles. The van der Waals surface area contributed by atoms with Gasteiger partial charge in [0.2, 0.25) is 0 Å². The zero-order valence-corrected chi connectivity index (χ0v) is 34.9. The van der Waals surface area contributed by atoms with Crippen LogP contribution in [0.1, 0.15) is 96.7 Å². The number of pyridine rings is 1. The number of carbonyl (C=O) groups is 2. The van der Waals surface area contributed by atoms with E-state index in [1.165, 1.54) is 48.4 Å². The molecule has 7 rings (SSSR count). The Morgan fingerprint density at radius 2 is 1.68 bits per heavy atom. The number of phenolic OH excluding ortho intramolecular Hbond substituents is 1. The Morgan fingerprint density at radius 1 is 0.883 bits per heavy atom. The van der Waals surface area contributed by atoms with Crippen molar-refractivity contribution in [2.45, 2.75) is 95.9 Å². The number of aliphatic hydroxyl groups excluding tert-OH is 1. The number of rotatable bonds is 20. The van der Waals surface area contributed by atoms with Crippen molar-refractivity contribution < 1.29 is 24.5 Å². The number of piperidine rings is 2. The Labute approximate surface area is 355 Å². The summed E-state index contributed by atoms with van der Waals surface area (Å²) in [5.74, 6) is 2.12. The first-order chi connectivity index (χ1) is 29.3. The number of fused-ring (bicyclic) bond motifs is 2. The van der Waals surface area contributed by atoms with Crippen LogP contribution < -0.4 is 21.1 Å². The molecule has 9 heteroatoms. The second kappa shape index (κ2) is 21.4. The summed E-state index contributed by atoms with van der Waals surface area (Å²) in [6, 6.07) is 24.9. The van der Waals surface area contributed by atoms with Crippen LogP contribution in [0.25, 0.3) is 6.08 Å². The molecule has 0 unspecified atom stereocenters. The zero-order valence-electron chi connectivity index (χ0n) is 34.9. The SMILES string of the molecule is Nc1cc(CCc2cccc(CCc3ccccc3)c2)c(Cc2cc(O)c(OCO)cc2C=CC(=O)CC(=O)CCCCC[C@@H]2[C@@H]3CCNC[C@@H]3C=C3CCCN[C@H]32)cn1. The number of phenols is 1. The normalized spacial score (nSPS) is 20.0. The van der Waals surface area contributed by atoms with Crippen molar-refractivity contribution in [3.8, 4) is 11.5 Å². The summed E-state index contributed by atoms with van der Waals surface area (Å²) < 4.78 is 5.28. The number of nitrogen functional groups attached to an aromatic ring is 1. The molecule has 1 aromatic heterocycles. The van der Waals surface area contributed by atoms with Crippen LogP contribution in [0.5, 0.6) is 11.5 Å². The molecule has 4 atom stereocenters. The van der Waals surface area contributed by atoms with Gasteiger partial charge in [-0.25, -0.2) is 4.98 Å². The summed E-state index contributed by atoms with van der Waals surface area (Å²) in [4.78, 5) is 30.5. The van der Waals surface area contributed by atoms with Gasteiger partial charge in [0.15, 0.2) is 24.1 Å². The number of aromatic hydroxyl groups is 1. The maximum atomic E-state index is 13.1. The third-order valence-corrected chi connectivity index (χ3v) is 12.9. The maximum Gasteiger partial charge on any atom is 0.186 e. The van der Waals surface area contributed by atoms with Crippen LogP contribution >= 0.6 is 0 Å². The van der Waals surface area contributed by atoms with E-state index in [1.54, 1.807) is 30.0 Å². The van der Waals surface area contributed by atoms with E-state index in [0.717, 1.165) is 87.2 Å². The monoisotopic (exact) mass is 810 g/mol. The highest BCUT2D eigenvalue weighted by Crippen LogP contribution is 2.42. The van der Waals surface area contributed by atoms with Crippen LogP contribution in [0.3, 0.4) is 0 Å². The molecule has 0 radical (unpaired) electrons. The van der Waals surface area contributed by atoms with Gasteiger partial charge in [-0.15, -0.1) is 0 Å². The van der Waals surface area contributed by atoms with Gasteiger partial charge in [-0.05, 0) is 158 Å². The Kier molecular flexibility index (Phi) is 15.4. The third kappa shape index (κ3) is 11.8. The van der Waals surface area contributed by atoms with E-state index in [-0.39, 0.29) is 29.5 Å². The van der Waals surface area contributed by atoms with Gasteiger partial charge in [0.1, 0.15) is 11.6 Å². The fourth-order valence-electron chi connectivity index (χ4n) is 9.79. The molecule has 3 aromatic carbocycles. The largest absolute Gasteiger partial charge is 0.504 e. The standard InChI is InChI=1S/C51H62N4O5/c52-50-30-39(19-18-37-12-7-11-36(25-37)17-16-35-9-3-1-4-10-35)42(33-55-50)27-41-28-48(59)49(60-34-56)29-38(41)20-21-45(58)31-44(57)14-5-2-6-15-47-46-22-24-53-32-43(46)26-40-13-8-23-54-51(40)47/h1,3-4,7,9-12,20-21,25-26,28-30,33,43,46-47,51,53-54,56,59H,2,5-6,8,13-19,22-24,27,31-32,34H2,(H2,52,55)/t43-,46+,47+,51+/m0/s1. The lowest BCUT2D eigenvalue weighted by Crippen LogP contribution is -2.52. The number of ether oxygens (including phenoxy) is 1. The summed E-state index contributed by atoms with van der Waals surface area (Å²) in [6.45, 7) is 2.68. The van der Waals surface area contributed by atoms with Gasteiger partial charge in [-0.1, -0.05) is 85.2 Å². The quantitative estimate of drug-likeness (QED) is 0.0198. The second-order valence-electron chi connectivity index (χ2n) is 17.0. The molecule has 316 valence electrons. The minimum Gasteiger partial charge on any atom is -0.504 e. The lowest BCUT2D eigenvalue weighted by atomic mass is 9.64. The van der Waals surface area contributed by atoms with Gasteiger partial charge in [0.25, 0.3) is 0 Å². The van der Waals surface area contributed by atoms with E-state index in [9.17, 15) is 19.8 Å². The van der Waals surface area contributed by atoms with Crippen molar-refractivity contribution in [3.05, 3.63) is 136 Å². The van der Waals surface area contributed by atoms with E-state index in [4.69, 9.17) is 10.5 Å². The minimum atomic E-state index is -0.613. The first-order valence-electron chi connectivity index (χ1n) is 22.1. The summed E-state index contributed by atoms with van der Waals surface area (Å²) in [6.07, 6.45) is 19.3. The van der Waals surface area contributed by atoms with Crippen molar-refractivity contribution in [2.24, 2.45) is 17.8 Å². The number of ketones is 2. The van der Waals surface area contributed by atoms with E-state index >= 15 is 0 Å². The number of aliphatic hydroxyl groups is 1. The average molecular weight is 811 g/mol. The Balaban J connectivity index is 0.937. The van der Waals surface area contributed by atoms with Crippen LogP contribution in [0, 0.1) is 17.8 Å². The Morgan fingerprint density at radius 3 is 2.52 bits per heavy atom. The number of aryl methyl sites for hydroxylation is 4. The van der Waals surface area contributed by atoms with Crippen LogP contribution in [0.15, 0.2) is 96.7 Å². The maximum absolute atomic E-state index is 13.1. The number of allylic oxidation sites excluding steroid dienone is 1. The smallest absolute Gasteiger partial charge is 0.186 e. The van der Waals surface area contributed by atoms with Gasteiger partial charge in [0, 0.05) is 25.2 Å². The molecule has 2 aliphatic heterocycles. The first kappa shape index (κ1) is 43.0. The molecule has 0 amide bonds. The van der Waals surface area contributed by atoms with E-state index in [1.807, 2.05) is 12.1 Å². The predicted octanol–water partition coefficient (Wildman–Crippen LogP) is 7.89. The van der Waals surface area contributed by atoms with Crippen LogP contribution in [-0.2, 0) is 41.7 Å². The molecule has 0 bridgehead atoms. The molecule has 3 heterocycles. The fraction of sp³-hybridized carbons (Fsp3) is 0.431. The van der Waals surface area contributed by atoms with Gasteiger partial charge >= 0.3 is 0 Å². The number of nitrogens with two attached hydrogens (primary N) is 1. The van der Waals surface area contributed by atoms with E-state index < -0.39 is 6.79 Å². The third-order valence-electron chi connectivity index (χ3n) is 12.9. The molecule has 4 aromatic rings. The van der Waals surface area contributed by atoms with Gasteiger partial charge < -0.3 is 31.3 Å². The number of anilines is 1. The van der Waals surface area contributed by atoms with Crippen molar-refractivity contribution in [3.63, 3.8) is 0 Å². The van der Waals surface area contributed by atoms with Crippen LogP contribution in [-0.4, -0.2) is 59.2 Å². The molecule has 60 heavy (non-hydrogen) atoms. The molecular weight excluding hydrogens is 749 g/mol. The van der Waals surface area contributed by atoms with Gasteiger partial charge in [-0.3, -0.25) is 9.59 Å². The molecule has 1 aliphatic carbocycles. The lowest BCUT2D eigenvalue weighted by molar-refractivity contribution is -0.124.